The van der Waals surface area contributed by atoms with Crippen LogP contribution in [0.3, 0.4) is 0 Å². The van der Waals surface area contributed by atoms with Gasteiger partial charge in [0.1, 0.15) is 11.6 Å². The first-order valence-electron chi connectivity index (χ1n) is 10.3. The van der Waals surface area contributed by atoms with E-state index in [4.69, 9.17) is 0 Å². The molecule has 0 unspecified atom stereocenters. The normalized spacial score (nSPS) is 32.2. The van der Waals surface area contributed by atoms with Crippen molar-refractivity contribution in [3.8, 4) is 0 Å². The summed E-state index contributed by atoms with van der Waals surface area (Å²) in [7, 11) is -2.78. The zero-order valence-electron chi connectivity index (χ0n) is 16.8. The van der Waals surface area contributed by atoms with E-state index in [0.717, 1.165) is 38.5 Å². The van der Waals surface area contributed by atoms with E-state index in [1.807, 2.05) is 21.6 Å². The highest BCUT2D eigenvalue weighted by molar-refractivity contribution is 7.88. The third kappa shape index (κ3) is 4.98. The fraction of sp³-hybridized carbons (Fsp3) is 0.737. The number of rotatable bonds is 3. The molecule has 0 aromatic heterocycles. The lowest BCUT2D eigenvalue weighted by Crippen LogP contribution is -2.57. The first kappa shape index (κ1) is 21.8. The summed E-state index contributed by atoms with van der Waals surface area (Å²) in [6.07, 6.45) is 10.6. The number of hydrogen-bond acceptors (Lipinski definition) is 5. The van der Waals surface area contributed by atoms with Gasteiger partial charge < -0.3 is 10.2 Å². The summed E-state index contributed by atoms with van der Waals surface area (Å²) in [4.78, 5) is 39.9. The van der Waals surface area contributed by atoms with Gasteiger partial charge in [0.05, 0.1) is 0 Å². The van der Waals surface area contributed by atoms with Crippen molar-refractivity contribution < 1.29 is 22.8 Å². The number of nitrogens with zero attached hydrogens (tertiary/aromatic N) is 1. The molecule has 0 aromatic carbocycles. The Morgan fingerprint density at radius 2 is 1.97 bits per heavy atom. The Labute approximate surface area is 171 Å². The Hall–Kier alpha value is -1.94. The van der Waals surface area contributed by atoms with Crippen LogP contribution in [0.2, 0.25) is 0 Å². The smallest absolute Gasteiger partial charge is 0.301 e. The molecule has 3 rings (SSSR count). The fourth-order valence-corrected chi connectivity index (χ4v) is 4.71. The van der Waals surface area contributed by atoms with E-state index in [9.17, 15) is 22.8 Å². The molecule has 0 aromatic rings. The van der Waals surface area contributed by atoms with Gasteiger partial charge in [-0.3, -0.25) is 14.4 Å². The van der Waals surface area contributed by atoms with Crippen molar-refractivity contribution in [2.24, 2.45) is 5.92 Å². The van der Waals surface area contributed by atoms with E-state index in [2.05, 4.69) is 5.32 Å². The molecule has 1 saturated carbocycles. The van der Waals surface area contributed by atoms with E-state index in [0.29, 0.717) is 25.8 Å². The summed E-state index contributed by atoms with van der Waals surface area (Å²) in [5.74, 6) is -1.44. The van der Waals surface area contributed by atoms with Gasteiger partial charge in [-0.25, -0.2) is 9.44 Å². The molecule has 162 valence electrons. The van der Waals surface area contributed by atoms with Crippen molar-refractivity contribution in [1.82, 2.24) is 19.7 Å². The first-order chi connectivity index (χ1) is 13.8. The number of amides is 3. The quantitative estimate of drug-likeness (QED) is 0.562. The Kier molecular flexibility index (Phi) is 6.62. The summed E-state index contributed by atoms with van der Waals surface area (Å²) < 4.78 is 27.6. The van der Waals surface area contributed by atoms with Crippen molar-refractivity contribution in [1.29, 1.82) is 0 Å². The number of allylic oxidation sites excluding steroid dienone is 1. The van der Waals surface area contributed by atoms with Gasteiger partial charge in [0.15, 0.2) is 0 Å². The van der Waals surface area contributed by atoms with Crippen LogP contribution in [0.4, 0.5) is 0 Å². The van der Waals surface area contributed by atoms with Crippen LogP contribution in [0.5, 0.6) is 0 Å². The number of carbonyl (C=O) groups is 3. The maximum atomic E-state index is 13.0. The van der Waals surface area contributed by atoms with Crippen LogP contribution in [0.15, 0.2) is 12.2 Å². The average Bonchev–Trinajstić information content (AvgIpc) is 3.13. The van der Waals surface area contributed by atoms with Crippen LogP contribution >= 0.6 is 0 Å². The number of nitrogens with one attached hydrogen (secondary N) is 3. The van der Waals surface area contributed by atoms with Crippen molar-refractivity contribution >= 4 is 27.9 Å². The van der Waals surface area contributed by atoms with Gasteiger partial charge in [0, 0.05) is 25.9 Å². The molecule has 1 aliphatic carbocycles. The van der Waals surface area contributed by atoms with Gasteiger partial charge in [-0.05, 0) is 38.5 Å². The van der Waals surface area contributed by atoms with Crippen LogP contribution in [-0.2, 0) is 24.6 Å². The summed E-state index contributed by atoms with van der Waals surface area (Å²) in [5.41, 5.74) is -1.30. The second kappa shape index (κ2) is 8.83. The van der Waals surface area contributed by atoms with Gasteiger partial charge in [0.25, 0.3) is 5.91 Å². The second-order valence-electron chi connectivity index (χ2n) is 8.04. The van der Waals surface area contributed by atoms with Crippen LogP contribution in [0, 0.1) is 5.92 Å². The number of fused-ring (bicyclic) bond motifs is 2. The fourth-order valence-electron chi connectivity index (χ4n) is 4.18. The van der Waals surface area contributed by atoms with Crippen molar-refractivity contribution in [2.75, 3.05) is 13.6 Å². The Balaban J connectivity index is 1.82. The van der Waals surface area contributed by atoms with Crippen LogP contribution in [0.25, 0.3) is 0 Å². The average molecular weight is 427 g/mol. The highest BCUT2D eigenvalue weighted by Gasteiger charge is 2.61. The molecular weight excluding hydrogens is 396 g/mol. The lowest BCUT2D eigenvalue weighted by Gasteiger charge is -2.26. The van der Waals surface area contributed by atoms with Gasteiger partial charge >= 0.3 is 10.2 Å². The molecule has 3 N–H and O–H groups in total. The van der Waals surface area contributed by atoms with E-state index in [1.54, 1.807) is 4.90 Å². The molecule has 1 saturated heterocycles. The molecule has 2 aliphatic heterocycles. The molecule has 29 heavy (non-hydrogen) atoms. The van der Waals surface area contributed by atoms with E-state index < -0.39 is 33.6 Å². The van der Waals surface area contributed by atoms with Crippen molar-refractivity contribution in [2.45, 2.75) is 69.4 Å². The van der Waals surface area contributed by atoms with Gasteiger partial charge in [-0.15, -0.1) is 0 Å². The van der Waals surface area contributed by atoms with Crippen molar-refractivity contribution in [3.05, 3.63) is 12.2 Å². The van der Waals surface area contributed by atoms with Crippen LogP contribution in [-0.4, -0.2) is 56.2 Å². The topological polar surface area (TPSA) is 125 Å². The minimum absolute atomic E-state index is 0.0285. The highest BCUT2D eigenvalue weighted by atomic mass is 32.2. The molecular formula is C19H30N4O5S. The molecule has 0 bridgehead atoms. The molecule has 3 amide bonds. The van der Waals surface area contributed by atoms with E-state index >= 15 is 0 Å². The van der Waals surface area contributed by atoms with Gasteiger partial charge in [-0.1, -0.05) is 25.0 Å². The molecule has 3 atom stereocenters. The molecule has 0 spiro atoms. The van der Waals surface area contributed by atoms with Crippen LogP contribution < -0.4 is 14.8 Å². The maximum Gasteiger partial charge on any atom is 0.301 e. The molecule has 2 heterocycles. The molecule has 3 aliphatic rings. The van der Waals surface area contributed by atoms with E-state index in [-0.39, 0.29) is 11.8 Å². The zero-order chi connectivity index (χ0) is 21.1. The molecule has 2 fully saturated rings. The third-order valence-corrected chi connectivity index (χ3v) is 7.01. The summed E-state index contributed by atoms with van der Waals surface area (Å²) in [5, 5.41) is 2.79. The lowest BCUT2D eigenvalue weighted by atomic mass is 10.1. The molecule has 0 radical (unpaired) electrons. The van der Waals surface area contributed by atoms with Crippen LogP contribution in [0.1, 0.15) is 57.8 Å². The second-order valence-corrected chi connectivity index (χ2v) is 9.66. The molecule has 9 nitrogen and oxygen atoms in total. The number of carbonyl (C=O) groups excluding carboxylic acids is 3. The number of hydrogen-bond donors (Lipinski definition) is 3. The SMILES string of the molecule is CNS(=O)(=O)NC(=O)[C@@]12C[C@H]1/C=C\CCCCCCC(=O)N1CCC[C@H]1C(=O)N2. The first-order valence-corrected chi connectivity index (χ1v) is 11.8. The predicted molar refractivity (Wildman–Crippen MR) is 107 cm³/mol. The minimum atomic E-state index is -3.98. The van der Waals surface area contributed by atoms with Crippen molar-refractivity contribution in [3.63, 3.8) is 0 Å². The third-order valence-electron chi connectivity index (χ3n) is 6.02. The zero-order valence-corrected chi connectivity index (χ0v) is 17.6. The summed E-state index contributed by atoms with van der Waals surface area (Å²) >= 11 is 0. The predicted octanol–water partition coefficient (Wildman–Crippen LogP) is 0.343. The lowest BCUT2D eigenvalue weighted by molar-refractivity contribution is -0.139. The Bertz CT molecular complexity index is 796. The molecule has 10 heteroatoms. The van der Waals surface area contributed by atoms with Gasteiger partial charge in [0.2, 0.25) is 11.8 Å². The summed E-state index contributed by atoms with van der Waals surface area (Å²) in [6, 6.07) is -0.608. The minimum Gasteiger partial charge on any atom is -0.339 e. The summed E-state index contributed by atoms with van der Waals surface area (Å²) in [6.45, 7) is 0.535. The largest absolute Gasteiger partial charge is 0.339 e. The van der Waals surface area contributed by atoms with Gasteiger partial charge in [-0.2, -0.15) is 8.42 Å². The highest BCUT2D eigenvalue weighted by Crippen LogP contribution is 2.45. The standard InChI is InChI=1S/C19H30N4O5S/c1-20-29(27,28)22-18(26)19-13-14(19)9-6-4-2-3-5-7-11-16(24)23-12-8-10-15(23)17(25)21-19/h6,9,14-15,20H,2-5,7-8,10-13H2,1H3,(H,21,25)(H,22,26)/b9-6-/t14-,15+,19-/m1/s1. The van der Waals surface area contributed by atoms with E-state index in [1.165, 1.54) is 7.05 Å². The maximum absolute atomic E-state index is 13.0. The Morgan fingerprint density at radius 1 is 1.21 bits per heavy atom. The monoisotopic (exact) mass is 426 g/mol. The Morgan fingerprint density at radius 3 is 2.72 bits per heavy atom.